The third kappa shape index (κ3) is 2.89. The summed E-state index contributed by atoms with van der Waals surface area (Å²) >= 11 is 11.7. The van der Waals surface area contributed by atoms with Crippen LogP contribution in [0.2, 0.25) is 10.0 Å². The summed E-state index contributed by atoms with van der Waals surface area (Å²) in [6, 6.07) is 7.52. The van der Waals surface area contributed by atoms with Gasteiger partial charge in [-0.2, -0.15) is 0 Å². The first-order valence-corrected chi connectivity index (χ1v) is 5.91. The van der Waals surface area contributed by atoms with Crippen LogP contribution in [-0.4, -0.2) is 21.7 Å². The van der Waals surface area contributed by atoms with Gasteiger partial charge in [-0.15, -0.1) is 0 Å². The number of ketones is 1. The second kappa shape index (κ2) is 5.34. The average Bonchev–Trinajstić information content (AvgIpc) is 2.75. The van der Waals surface area contributed by atoms with Crippen molar-refractivity contribution in [1.82, 2.24) is 4.68 Å². The van der Waals surface area contributed by atoms with Crippen LogP contribution in [0.25, 0.3) is 0 Å². The van der Waals surface area contributed by atoms with Gasteiger partial charge >= 0.3 is 6.09 Å². The molecule has 0 spiro atoms. The fourth-order valence-electron chi connectivity index (χ4n) is 1.58. The van der Waals surface area contributed by atoms with Crippen LogP contribution in [-0.2, 0) is 0 Å². The Morgan fingerprint density at radius 2 is 1.95 bits per heavy atom. The van der Waals surface area contributed by atoms with Crippen molar-refractivity contribution >= 4 is 35.1 Å². The average molecular weight is 299 g/mol. The van der Waals surface area contributed by atoms with Crippen LogP contribution in [0.4, 0.5) is 4.79 Å². The summed E-state index contributed by atoms with van der Waals surface area (Å²) in [5.74, 6) is -0.402. The minimum atomic E-state index is -1.27. The highest BCUT2D eigenvalue weighted by Gasteiger charge is 2.17. The van der Waals surface area contributed by atoms with E-state index in [0.29, 0.717) is 5.02 Å². The van der Waals surface area contributed by atoms with Crippen LogP contribution in [0.5, 0.6) is 0 Å². The highest BCUT2D eigenvalue weighted by atomic mass is 35.5. The number of hydrogen-bond acceptors (Lipinski definition) is 2. The molecular formula is C12H8Cl2N2O3. The highest BCUT2D eigenvalue weighted by molar-refractivity contribution is 6.37. The van der Waals surface area contributed by atoms with E-state index in [0.717, 1.165) is 4.68 Å². The van der Waals surface area contributed by atoms with Gasteiger partial charge in [0.05, 0.1) is 5.02 Å². The fraction of sp³-hybridized carbons (Fsp3) is 0. The summed E-state index contributed by atoms with van der Waals surface area (Å²) in [4.78, 5) is 22.9. The van der Waals surface area contributed by atoms with Gasteiger partial charge in [0.25, 0.3) is 0 Å². The standard InChI is InChI=1S/C12H8Cl2N2O3/c13-7-3-4-8(9(14)6-7)11(17)10-2-1-5-16(10)15-12(18)19/h1-6,15H,(H,18,19). The van der Waals surface area contributed by atoms with Crippen molar-refractivity contribution in [3.05, 3.63) is 57.8 Å². The summed E-state index contributed by atoms with van der Waals surface area (Å²) in [5.41, 5.74) is 2.49. The Balaban J connectivity index is 2.39. The van der Waals surface area contributed by atoms with Crippen molar-refractivity contribution in [2.24, 2.45) is 0 Å². The molecule has 0 aliphatic heterocycles. The molecule has 2 aromatic rings. The van der Waals surface area contributed by atoms with E-state index in [4.69, 9.17) is 28.3 Å². The molecule has 0 atom stereocenters. The van der Waals surface area contributed by atoms with E-state index in [1.54, 1.807) is 12.1 Å². The zero-order valence-corrected chi connectivity index (χ0v) is 10.9. The molecule has 1 aromatic heterocycles. The SMILES string of the molecule is O=C(O)Nn1cccc1C(=O)c1ccc(Cl)cc1Cl. The molecule has 1 aromatic carbocycles. The quantitative estimate of drug-likeness (QED) is 0.855. The first-order valence-electron chi connectivity index (χ1n) is 5.16. The Labute approximate surface area is 118 Å². The summed E-state index contributed by atoms with van der Waals surface area (Å²) < 4.78 is 1.11. The van der Waals surface area contributed by atoms with Gasteiger partial charge < -0.3 is 5.11 Å². The monoisotopic (exact) mass is 298 g/mol. The predicted molar refractivity (Wildman–Crippen MR) is 71.7 cm³/mol. The largest absolute Gasteiger partial charge is 0.464 e. The molecule has 0 saturated heterocycles. The maximum atomic E-state index is 12.3. The van der Waals surface area contributed by atoms with Gasteiger partial charge in [-0.3, -0.25) is 9.47 Å². The van der Waals surface area contributed by atoms with E-state index < -0.39 is 11.9 Å². The lowest BCUT2D eigenvalue weighted by atomic mass is 10.1. The highest BCUT2D eigenvalue weighted by Crippen LogP contribution is 2.23. The first-order chi connectivity index (χ1) is 8.99. The van der Waals surface area contributed by atoms with Crippen LogP contribution in [0.3, 0.4) is 0 Å². The van der Waals surface area contributed by atoms with Crippen LogP contribution < -0.4 is 5.43 Å². The van der Waals surface area contributed by atoms with Gasteiger partial charge in [-0.25, -0.2) is 10.2 Å². The molecule has 0 saturated carbocycles. The number of aromatic nitrogens is 1. The van der Waals surface area contributed by atoms with E-state index in [2.05, 4.69) is 5.43 Å². The van der Waals surface area contributed by atoms with Crippen molar-refractivity contribution in [3.8, 4) is 0 Å². The first kappa shape index (κ1) is 13.5. The van der Waals surface area contributed by atoms with Crippen molar-refractivity contribution < 1.29 is 14.7 Å². The van der Waals surface area contributed by atoms with Crippen LogP contribution in [0.15, 0.2) is 36.5 Å². The Morgan fingerprint density at radius 3 is 2.58 bits per heavy atom. The van der Waals surface area contributed by atoms with Crippen molar-refractivity contribution in [2.75, 3.05) is 5.43 Å². The second-order valence-electron chi connectivity index (χ2n) is 3.63. The maximum Gasteiger partial charge on any atom is 0.423 e. The molecular weight excluding hydrogens is 291 g/mol. The molecule has 0 aliphatic carbocycles. The molecule has 5 nitrogen and oxygen atoms in total. The third-order valence-corrected chi connectivity index (χ3v) is 2.92. The van der Waals surface area contributed by atoms with E-state index in [9.17, 15) is 9.59 Å². The molecule has 19 heavy (non-hydrogen) atoms. The van der Waals surface area contributed by atoms with Gasteiger partial charge in [0, 0.05) is 16.8 Å². The Kier molecular flexibility index (Phi) is 3.78. The molecule has 2 rings (SSSR count). The Morgan fingerprint density at radius 1 is 1.21 bits per heavy atom. The van der Waals surface area contributed by atoms with E-state index in [1.807, 2.05) is 0 Å². The number of carbonyl (C=O) groups excluding carboxylic acids is 1. The van der Waals surface area contributed by atoms with Gasteiger partial charge in [0.2, 0.25) is 5.78 Å². The topological polar surface area (TPSA) is 71.3 Å². The number of benzene rings is 1. The third-order valence-electron chi connectivity index (χ3n) is 2.37. The van der Waals surface area contributed by atoms with Gasteiger partial charge in [0.1, 0.15) is 5.69 Å². The van der Waals surface area contributed by atoms with Crippen LogP contribution in [0, 0.1) is 0 Å². The molecule has 0 radical (unpaired) electrons. The van der Waals surface area contributed by atoms with E-state index >= 15 is 0 Å². The van der Waals surface area contributed by atoms with Crippen molar-refractivity contribution in [1.29, 1.82) is 0 Å². The number of nitrogens with zero attached hydrogens (tertiary/aromatic N) is 1. The molecule has 0 bridgehead atoms. The molecule has 1 heterocycles. The predicted octanol–water partition coefficient (Wildman–Crippen LogP) is 3.25. The summed E-state index contributed by atoms with van der Waals surface area (Å²) in [6.45, 7) is 0. The molecule has 98 valence electrons. The van der Waals surface area contributed by atoms with Crippen LogP contribution >= 0.6 is 23.2 Å². The lowest BCUT2D eigenvalue weighted by Crippen LogP contribution is -2.23. The molecule has 0 fully saturated rings. The minimum absolute atomic E-state index is 0.159. The number of carboxylic acid groups (broad SMARTS) is 1. The molecule has 0 unspecified atom stereocenters. The normalized spacial score (nSPS) is 10.2. The van der Waals surface area contributed by atoms with Crippen LogP contribution in [0.1, 0.15) is 16.1 Å². The lowest BCUT2D eigenvalue weighted by Gasteiger charge is -2.08. The number of hydrogen-bond donors (Lipinski definition) is 2. The summed E-state index contributed by atoms with van der Waals surface area (Å²) in [5, 5.41) is 9.29. The van der Waals surface area contributed by atoms with Crippen molar-refractivity contribution in [3.63, 3.8) is 0 Å². The zero-order valence-electron chi connectivity index (χ0n) is 9.43. The molecule has 0 aliphatic rings. The zero-order chi connectivity index (χ0) is 14.0. The lowest BCUT2D eigenvalue weighted by molar-refractivity contribution is 0.103. The molecule has 2 N–H and O–H groups in total. The van der Waals surface area contributed by atoms with E-state index in [-0.39, 0.29) is 16.3 Å². The fourth-order valence-corrected chi connectivity index (χ4v) is 2.07. The minimum Gasteiger partial charge on any atom is -0.464 e. The van der Waals surface area contributed by atoms with Gasteiger partial charge in [0.15, 0.2) is 0 Å². The Hall–Kier alpha value is -1.98. The smallest absolute Gasteiger partial charge is 0.423 e. The Bertz CT molecular complexity index is 652. The number of halogens is 2. The maximum absolute atomic E-state index is 12.3. The van der Waals surface area contributed by atoms with Gasteiger partial charge in [-0.1, -0.05) is 23.2 Å². The number of nitrogens with one attached hydrogen (secondary N) is 1. The summed E-state index contributed by atoms with van der Waals surface area (Å²) in [6.07, 6.45) is 0.151. The number of amides is 1. The molecule has 1 amide bonds. The molecule has 7 heteroatoms. The number of rotatable bonds is 3. The van der Waals surface area contributed by atoms with E-state index in [1.165, 1.54) is 24.4 Å². The van der Waals surface area contributed by atoms with Gasteiger partial charge in [-0.05, 0) is 30.3 Å². The van der Waals surface area contributed by atoms with Crippen molar-refractivity contribution in [2.45, 2.75) is 0 Å². The number of carbonyl (C=O) groups is 2. The summed E-state index contributed by atoms with van der Waals surface area (Å²) in [7, 11) is 0. The second-order valence-corrected chi connectivity index (χ2v) is 4.48.